The van der Waals surface area contributed by atoms with Gasteiger partial charge in [0.25, 0.3) is 5.78 Å². The van der Waals surface area contributed by atoms with E-state index in [4.69, 9.17) is 14.2 Å². The van der Waals surface area contributed by atoms with Crippen LogP contribution >= 0.6 is 0 Å². The highest BCUT2D eigenvalue weighted by Crippen LogP contribution is 2.13. The first-order chi connectivity index (χ1) is 5.79. The summed E-state index contributed by atoms with van der Waals surface area (Å²) in [5.41, 5.74) is 0. The van der Waals surface area contributed by atoms with Crippen LogP contribution in [0.1, 0.15) is 6.42 Å². The van der Waals surface area contributed by atoms with Gasteiger partial charge in [0.2, 0.25) is 6.29 Å². The number of hydrogen-bond acceptors (Lipinski definition) is 4. The van der Waals surface area contributed by atoms with E-state index in [2.05, 4.69) is 0 Å². The Bertz CT molecular complexity index is 193. The molecule has 4 heteroatoms. The topological polar surface area (TPSA) is 44.8 Å². The lowest BCUT2D eigenvalue weighted by atomic mass is 10.3. The van der Waals surface area contributed by atoms with Crippen molar-refractivity contribution in [3.05, 3.63) is 11.8 Å². The van der Waals surface area contributed by atoms with Gasteiger partial charge in [0.05, 0.1) is 6.61 Å². The van der Waals surface area contributed by atoms with Gasteiger partial charge in [-0.05, 0) is 6.08 Å². The molecule has 68 valence electrons. The summed E-state index contributed by atoms with van der Waals surface area (Å²) < 4.78 is 14.6. The van der Waals surface area contributed by atoms with Gasteiger partial charge < -0.3 is 14.2 Å². The summed E-state index contributed by atoms with van der Waals surface area (Å²) >= 11 is 0. The Hall–Kier alpha value is -0.870. The second-order valence-electron chi connectivity index (χ2n) is 2.37. The van der Waals surface area contributed by atoms with Crippen molar-refractivity contribution in [2.75, 3.05) is 20.8 Å². The predicted molar refractivity (Wildman–Crippen MR) is 41.5 cm³/mol. The minimum Gasteiger partial charge on any atom is -0.490 e. The molecule has 12 heavy (non-hydrogen) atoms. The zero-order valence-electron chi connectivity index (χ0n) is 7.20. The Morgan fingerprint density at radius 1 is 1.58 bits per heavy atom. The number of methoxy groups -OCH3 is 2. The average Bonchev–Trinajstić information content (AvgIpc) is 2.58. The molecule has 0 saturated carbocycles. The smallest absolute Gasteiger partial charge is 0.252 e. The highest BCUT2D eigenvalue weighted by molar-refractivity contribution is 5.96. The highest BCUT2D eigenvalue weighted by Gasteiger charge is 2.24. The summed E-state index contributed by atoms with van der Waals surface area (Å²) in [6.45, 7) is 0.571. The summed E-state index contributed by atoms with van der Waals surface area (Å²) in [4.78, 5) is 11.4. The first-order valence-corrected chi connectivity index (χ1v) is 3.72. The highest BCUT2D eigenvalue weighted by atomic mass is 16.7. The fourth-order valence-corrected chi connectivity index (χ4v) is 1.02. The van der Waals surface area contributed by atoms with Crippen molar-refractivity contribution in [1.29, 1.82) is 0 Å². The second kappa shape index (κ2) is 4.23. The van der Waals surface area contributed by atoms with Crippen LogP contribution in [0, 0.1) is 0 Å². The number of hydrogen-bond donors (Lipinski definition) is 0. The SMILES string of the molecule is COC(OC)C(=O)C1=CCCO1. The Labute approximate surface area is 71.1 Å². The summed E-state index contributed by atoms with van der Waals surface area (Å²) in [5, 5.41) is 0. The molecule has 0 aromatic carbocycles. The van der Waals surface area contributed by atoms with Crippen molar-refractivity contribution in [3.8, 4) is 0 Å². The van der Waals surface area contributed by atoms with Gasteiger partial charge in [-0.1, -0.05) is 0 Å². The maximum Gasteiger partial charge on any atom is 0.252 e. The van der Waals surface area contributed by atoms with Crippen LogP contribution in [0.3, 0.4) is 0 Å². The monoisotopic (exact) mass is 172 g/mol. The molecule has 0 saturated heterocycles. The second-order valence-corrected chi connectivity index (χ2v) is 2.37. The van der Waals surface area contributed by atoms with Gasteiger partial charge in [0.15, 0.2) is 5.76 Å². The first kappa shape index (κ1) is 9.22. The van der Waals surface area contributed by atoms with E-state index in [9.17, 15) is 4.79 Å². The van der Waals surface area contributed by atoms with Crippen molar-refractivity contribution < 1.29 is 19.0 Å². The van der Waals surface area contributed by atoms with Crippen LogP contribution in [0.25, 0.3) is 0 Å². The molecule has 1 rings (SSSR count). The molecule has 0 atom stereocenters. The van der Waals surface area contributed by atoms with E-state index < -0.39 is 6.29 Å². The van der Waals surface area contributed by atoms with Crippen LogP contribution in [-0.2, 0) is 19.0 Å². The van der Waals surface area contributed by atoms with Crippen LogP contribution in [0.2, 0.25) is 0 Å². The molecule has 0 aromatic rings. The molecule has 0 spiro atoms. The van der Waals surface area contributed by atoms with Crippen molar-refractivity contribution in [2.45, 2.75) is 12.7 Å². The third kappa shape index (κ3) is 1.84. The molecular weight excluding hydrogens is 160 g/mol. The lowest BCUT2D eigenvalue weighted by Crippen LogP contribution is -2.26. The van der Waals surface area contributed by atoms with Gasteiger partial charge >= 0.3 is 0 Å². The maximum absolute atomic E-state index is 11.4. The van der Waals surface area contributed by atoms with Gasteiger partial charge in [0, 0.05) is 20.6 Å². The lowest BCUT2D eigenvalue weighted by Gasteiger charge is -2.11. The molecular formula is C8H12O4. The molecule has 0 bridgehead atoms. The lowest BCUT2D eigenvalue weighted by molar-refractivity contribution is -0.155. The number of carbonyl (C=O) groups excluding carboxylic acids is 1. The first-order valence-electron chi connectivity index (χ1n) is 3.72. The molecule has 0 aliphatic carbocycles. The van der Waals surface area contributed by atoms with E-state index in [0.29, 0.717) is 12.4 Å². The van der Waals surface area contributed by atoms with E-state index in [1.165, 1.54) is 14.2 Å². The molecule has 1 aliphatic rings. The molecule has 1 heterocycles. The van der Waals surface area contributed by atoms with Crippen molar-refractivity contribution in [3.63, 3.8) is 0 Å². The summed E-state index contributed by atoms with van der Waals surface area (Å²) in [6, 6.07) is 0. The van der Waals surface area contributed by atoms with E-state index >= 15 is 0 Å². The Balaban J connectivity index is 2.55. The van der Waals surface area contributed by atoms with Crippen LogP contribution in [-0.4, -0.2) is 32.9 Å². The Kier molecular flexibility index (Phi) is 3.25. The number of carbonyl (C=O) groups is 1. The summed E-state index contributed by atoms with van der Waals surface area (Å²) in [7, 11) is 2.84. The van der Waals surface area contributed by atoms with Crippen LogP contribution in [0.4, 0.5) is 0 Å². The zero-order valence-corrected chi connectivity index (χ0v) is 7.20. The van der Waals surface area contributed by atoms with E-state index in [0.717, 1.165) is 6.42 Å². The summed E-state index contributed by atoms with van der Waals surface area (Å²) in [5.74, 6) is 0.0983. The number of rotatable bonds is 4. The van der Waals surface area contributed by atoms with Gasteiger partial charge in [-0.25, -0.2) is 0 Å². The van der Waals surface area contributed by atoms with E-state index in [1.807, 2.05) is 0 Å². The van der Waals surface area contributed by atoms with Gasteiger partial charge in [-0.3, -0.25) is 4.79 Å². The van der Waals surface area contributed by atoms with Crippen molar-refractivity contribution >= 4 is 5.78 Å². The normalized spacial score (nSPS) is 16.1. The quantitative estimate of drug-likeness (QED) is 0.578. The maximum atomic E-state index is 11.4. The van der Waals surface area contributed by atoms with Gasteiger partial charge in [-0.2, -0.15) is 0 Å². The van der Waals surface area contributed by atoms with Crippen molar-refractivity contribution in [2.24, 2.45) is 0 Å². The van der Waals surface area contributed by atoms with Gasteiger partial charge in [0.1, 0.15) is 0 Å². The largest absolute Gasteiger partial charge is 0.490 e. The zero-order chi connectivity index (χ0) is 8.97. The van der Waals surface area contributed by atoms with E-state index in [1.54, 1.807) is 6.08 Å². The molecule has 0 aromatic heterocycles. The molecule has 0 fully saturated rings. The molecule has 0 unspecified atom stereocenters. The summed E-state index contributed by atoms with van der Waals surface area (Å²) in [6.07, 6.45) is 1.68. The number of Topliss-reactive ketones (excluding diaryl/α,β-unsaturated/α-hetero) is 1. The van der Waals surface area contributed by atoms with Crippen LogP contribution < -0.4 is 0 Å². The number of ether oxygens (including phenoxy) is 3. The molecule has 4 nitrogen and oxygen atoms in total. The fraction of sp³-hybridized carbons (Fsp3) is 0.625. The number of ketones is 1. The third-order valence-electron chi connectivity index (χ3n) is 1.59. The average molecular weight is 172 g/mol. The predicted octanol–water partition coefficient (Wildman–Crippen LogP) is 0.479. The Morgan fingerprint density at radius 3 is 2.67 bits per heavy atom. The molecule has 1 aliphatic heterocycles. The minimum atomic E-state index is -0.839. The molecule has 0 N–H and O–H groups in total. The standard InChI is InChI=1S/C8H12O4/c1-10-8(11-2)7(9)6-4-3-5-12-6/h4,8H,3,5H2,1-2H3. The molecule has 0 amide bonds. The Morgan fingerprint density at radius 2 is 2.25 bits per heavy atom. The third-order valence-corrected chi connectivity index (χ3v) is 1.59. The fourth-order valence-electron chi connectivity index (χ4n) is 1.02. The van der Waals surface area contributed by atoms with Crippen LogP contribution in [0.15, 0.2) is 11.8 Å². The van der Waals surface area contributed by atoms with Gasteiger partial charge in [-0.15, -0.1) is 0 Å². The molecule has 0 radical (unpaired) electrons. The van der Waals surface area contributed by atoms with Crippen molar-refractivity contribution in [1.82, 2.24) is 0 Å². The van der Waals surface area contributed by atoms with Crippen LogP contribution in [0.5, 0.6) is 0 Å². The van der Waals surface area contributed by atoms with E-state index in [-0.39, 0.29) is 5.78 Å². The minimum absolute atomic E-state index is 0.252.